The van der Waals surface area contributed by atoms with Gasteiger partial charge in [-0.15, -0.1) is 0 Å². The first-order valence-corrected chi connectivity index (χ1v) is 9.66. The molecule has 1 amide bonds. The Hall–Kier alpha value is -1.62. The molecule has 6 heteroatoms. The molecule has 0 spiro atoms. The summed E-state index contributed by atoms with van der Waals surface area (Å²) in [5.74, 6) is -0.158. The molecule has 1 heterocycles. The molecule has 0 aliphatic carbocycles. The molecule has 1 aliphatic rings. The van der Waals surface area contributed by atoms with E-state index in [9.17, 15) is 4.79 Å². The Balaban J connectivity index is 1.62. The summed E-state index contributed by atoms with van der Waals surface area (Å²) in [6, 6.07) is 14.8. The summed E-state index contributed by atoms with van der Waals surface area (Å²) in [7, 11) is 0. The van der Waals surface area contributed by atoms with Crippen molar-refractivity contribution in [1.29, 1.82) is 0 Å². The number of carbonyl (C=O) groups excluding carboxylic acids is 1. The first-order valence-electron chi connectivity index (χ1n) is 8.49. The Morgan fingerprint density at radius 1 is 1.19 bits per heavy atom. The largest absolute Gasteiger partial charge is 0.364 e. The minimum absolute atomic E-state index is 0.158. The van der Waals surface area contributed by atoms with Crippen molar-refractivity contribution in [2.45, 2.75) is 25.3 Å². The van der Waals surface area contributed by atoms with Crippen LogP contribution >= 0.6 is 35.4 Å². The Kier molecular flexibility index (Phi) is 5.86. The van der Waals surface area contributed by atoms with E-state index in [1.165, 1.54) is 5.56 Å². The van der Waals surface area contributed by atoms with E-state index < -0.39 is 5.54 Å². The van der Waals surface area contributed by atoms with E-state index in [4.69, 9.17) is 35.4 Å². The van der Waals surface area contributed by atoms with E-state index >= 15 is 0 Å². The molecule has 1 atom stereocenters. The molecule has 1 N–H and O–H groups in total. The van der Waals surface area contributed by atoms with Crippen LogP contribution in [0.2, 0.25) is 10.0 Å². The van der Waals surface area contributed by atoms with Gasteiger partial charge in [-0.3, -0.25) is 4.79 Å². The normalized spacial score (nSPS) is 19.7. The monoisotopic (exact) mass is 406 g/mol. The average Bonchev–Trinajstić information content (AvgIpc) is 2.88. The number of hydrogen-bond donors (Lipinski definition) is 1. The number of hydrogen-bond acceptors (Lipinski definition) is 2. The number of benzene rings is 2. The minimum atomic E-state index is -0.525. The van der Waals surface area contributed by atoms with Crippen molar-refractivity contribution in [1.82, 2.24) is 10.2 Å². The highest BCUT2D eigenvalue weighted by Crippen LogP contribution is 2.25. The van der Waals surface area contributed by atoms with Crippen molar-refractivity contribution in [3.8, 4) is 0 Å². The lowest BCUT2D eigenvalue weighted by Gasteiger charge is -2.28. The number of nitrogens with zero attached hydrogens (tertiary/aromatic N) is 1. The van der Waals surface area contributed by atoms with Gasteiger partial charge in [0.25, 0.3) is 5.91 Å². The van der Waals surface area contributed by atoms with Gasteiger partial charge in [0, 0.05) is 28.7 Å². The van der Waals surface area contributed by atoms with E-state index in [0.29, 0.717) is 10.6 Å². The zero-order valence-corrected chi connectivity index (χ0v) is 16.8. The molecule has 3 rings (SSSR count). The van der Waals surface area contributed by atoms with Crippen LogP contribution in [0.3, 0.4) is 0 Å². The Morgan fingerprint density at radius 3 is 2.58 bits per heavy atom. The number of amides is 1. The summed E-state index contributed by atoms with van der Waals surface area (Å²) < 4.78 is 0. The van der Waals surface area contributed by atoms with Crippen molar-refractivity contribution in [3.05, 3.63) is 69.7 Å². The molecule has 0 radical (unpaired) electrons. The number of thiocarbonyl (C=S) groups is 1. The third-order valence-electron chi connectivity index (χ3n) is 4.68. The molecule has 136 valence electrons. The summed E-state index contributed by atoms with van der Waals surface area (Å²) in [6.07, 6.45) is 1.65. The van der Waals surface area contributed by atoms with E-state index in [-0.39, 0.29) is 5.91 Å². The fourth-order valence-corrected chi connectivity index (χ4v) is 3.89. The van der Waals surface area contributed by atoms with Crippen LogP contribution in [0.25, 0.3) is 0 Å². The van der Waals surface area contributed by atoms with Gasteiger partial charge >= 0.3 is 0 Å². The molecular formula is C20H20Cl2N2OS. The number of carbonyl (C=O) groups is 1. The third-order valence-corrected chi connectivity index (χ3v) is 5.86. The van der Waals surface area contributed by atoms with E-state index in [2.05, 4.69) is 16.3 Å². The summed E-state index contributed by atoms with van der Waals surface area (Å²) in [5.41, 5.74) is 1.19. The van der Waals surface area contributed by atoms with Crippen LogP contribution in [-0.2, 0) is 6.42 Å². The Labute approximate surface area is 169 Å². The maximum atomic E-state index is 12.6. The second-order valence-corrected chi connectivity index (χ2v) is 7.98. The lowest BCUT2D eigenvalue weighted by atomic mass is 10.0. The van der Waals surface area contributed by atoms with Gasteiger partial charge in [-0.25, -0.2) is 0 Å². The number of rotatable bonds is 5. The Morgan fingerprint density at radius 2 is 1.88 bits per heavy atom. The lowest BCUT2D eigenvalue weighted by Crippen LogP contribution is -2.51. The molecule has 1 unspecified atom stereocenters. The van der Waals surface area contributed by atoms with E-state index in [0.717, 1.165) is 35.9 Å². The van der Waals surface area contributed by atoms with Crippen molar-refractivity contribution in [2.24, 2.45) is 0 Å². The summed E-state index contributed by atoms with van der Waals surface area (Å²) >= 11 is 17.7. The van der Waals surface area contributed by atoms with Crippen LogP contribution in [0.4, 0.5) is 0 Å². The van der Waals surface area contributed by atoms with Gasteiger partial charge in [-0.2, -0.15) is 0 Å². The van der Waals surface area contributed by atoms with Gasteiger partial charge in [-0.1, -0.05) is 53.6 Å². The second kappa shape index (κ2) is 7.95. The minimum Gasteiger partial charge on any atom is -0.364 e. The fraction of sp³-hybridized carbons (Fsp3) is 0.300. The van der Waals surface area contributed by atoms with Gasteiger partial charge in [0.2, 0.25) is 0 Å². The predicted octanol–water partition coefficient (Wildman–Crippen LogP) is 4.76. The number of halogens is 2. The third kappa shape index (κ3) is 4.37. The summed E-state index contributed by atoms with van der Waals surface area (Å²) in [5, 5.41) is 4.37. The molecule has 1 aliphatic heterocycles. The van der Waals surface area contributed by atoms with Crippen LogP contribution < -0.4 is 5.32 Å². The van der Waals surface area contributed by atoms with Crippen LogP contribution in [0.1, 0.15) is 29.3 Å². The van der Waals surface area contributed by atoms with Gasteiger partial charge in [-0.05, 0) is 55.7 Å². The highest BCUT2D eigenvalue weighted by molar-refractivity contribution is 7.80. The fourth-order valence-electron chi connectivity index (χ4n) is 3.15. The van der Waals surface area contributed by atoms with Gasteiger partial charge in [0.15, 0.2) is 0 Å². The second-order valence-electron chi connectivity index (χ2n) is 6.72. The summed E-state index contributed by atoms with van der Waals surface area (Å²) in [6.45, 7) is 3.62. The molecule has 1 saturated heterocycles. The topological polar surface area (TPSA) is 32.3 Å². The van der Waals surface area contributed by atoms with Crippen LogP contribution in [-0.4, -0.2) is 34.4 Å². The smallest absolute Gasteiger partial charge is 0.252 e. The zero-order valence-electron chi connectivity index (χ0n) is 14.5. The maximum Gasteiger partial charge on any atom is 0.252 e. The molecule has 0 saturated carbocycles. The first-order chi connectivity index (χ1) is 12.4. The van der Waals surface area contributed by atoms with E-state index in [1.807, 2.05) is 25.1 Å². The lowest BCUT2D eigenvalue weighted by molar-refractivity contribution is 0.0928. The van der Waals surface area contributed by atoms with Crippen LogP contribution in [0, 0.1) is 0 Å². The quantitative estimate of drug-likeness (QED) is 0.726. The number of nitrogens with one attached hydrogen (secondary N) is 1. The number of likely N-dealkylation sites (tertiary alicyclic amines) is 1. The molecule has 3 nitrogen and oxygen atoms in total. The molecule has 26 heavy (non-hydrogen) atoms. The first kappa shape index (κ1) is 19.2. The molecule has 1 fully saturated rings. The molecule has 2 aromatic rings. The standard InChI is InChI=1S/C20H20Cl2N2OS/c1-20(23-18(25)15-5-3-7-17(22)13-15)9-11-24(19(20)26)10-8-14-4-2-6-16(21)12-14/h2-7,12-13H,8-11H2,1H3,(H,23,25). The van der Waals surface area contributed by atoms with Crippen molar-refractivity contribution >= 4 is 46.3 Å². The summed E-state index contributed by atoms with van der Waals surface area (Å²) in [4.78, 5) is 15.5. The highest BCUT2D eigenvalue weighted by Gasteiger charge is 2.40. The van der Waals surface area contributed by atoms with Gasteiger partial charge in [0.05, 0.1) is 5.54 Å². The molecule has 2 aromatic carbocycles. The van der Waals surface area contributed by atoms with E-state index in [1.54, 1.807) is 24.3 Å². The maximum absolute atomic E-state index is 12.6. The Bertz CT molecular complexity index is 842. The molecule has 0 aromatic heterocycles. The van der Waals surface area contributed by atoms with Crippen LogP contribution in [0.5, 0.6) is 0 Å². The molecule has 0 bridgehead atoms. The predicted molar refractivity (Wildman–Crippen MR) is 111 cm³/mol. The average molecular weight is 407 g/mol. The van der Waals surface area contributed by atoms with Gasteiger partial charge in [0.1, 0.15) is 4.99 Å². The zero-order chi connectivity index (χ0) is 18.7. The van der Waals surface area contributed by atoms with Gasteiger partial charge < -0.3 is 10.2 Å². The van der Waals surface area contributed by atoms with Crippen molar-refractivity contribution < 1.29 is 4.79 Å². The SMILES string of the molecule is CC1(NC(=O)c2cccc(Cl)c2)CCN(CCc2cccc(Cl)c2)C1=S. The van der Waals surface area contributed by atoms with Crippen molar-refractivity contribution in [2.75, 3.05) is 13.1 Å². The van der Waals surface area contributed by atoms with Crippen LogP contribution in [0.15, 0.2) is 48.5 Å². The van der Waals surface area contributed by atoms with Crippen molar-refractivity contribution in [3.63, 3.8) is 0 Å². The highest BCUT2D eigenvalue weighted by atomic mass is 35.5. The molecular weight excluding hydrogens is 387 g/mol.